The van der Waals surface area contributed by atoms with Gasteiger partial charge in [0, 0.05) is 30.2 Å². The molecule has 5 nitrogen and oxygen atoms in total. The molecule has 1 aromatic carbocycles. The topological polar surface area (TPSA) is 43.9 Å². The van der Waals surface area contributed by atoms with E-state index in [-0.39, 0.29) is 17.9 Å². The highest BCUT2D eigenvalue weighted by atomic mass is 35.5. The lowest BCUT2D eigenvalue weighted by atomic mass is 10.00. The summed E-state index contributed by atoms with van der Waals surface area (Å²) in [5, 5.41) is 0.892. The van der Waals surface area contributed by atoms with Crippen LogP contribution in [-0.4, -0.2) is 66.3 Å². The number of piperidine rings is 1. The molecule has 0 aromatic heterocycles. The van der Waals surface area contributed by atoms with E-state index in [9.17, 15) is 9.59 Å². The number of halogens is 2. The van der Waals surface area contributed by atoms with Gasteiger partial charge in [-0.25, -0.2) is 0 Å². The number of likely N-dealkylation sites (N-methyl/N-ethyl adjacent to an activating group) is 1. The van der Waals surface area contributed by atoms with E-state index in [0.717, 1.165) is 51.6 Å². The van der Waals surface area contributed by atoms with Crippen LogP contribution in [0.2, 0.25) is 10.0 Å². The predicted molar refractivity (Wildman–Crippen MR) is 123 cm³/mol. The van der Waals surface area contributed by atoms with Crippen LogP contribution in [0.4, 0.5) is 0 Å². The third kappa shape index (κ3) is 4.84. The normalized spacial score (nSPS) is 18.6. The van der Waals surface area contributed by atoms with E-state index in [1.54, 1.807) is 18.2 Å². The van der Waals surface area contributed by atoms with E-state index in [2.05, 4.69) is 18.9 Å². The second kappa shape index (κ2) is 10.2. The molecule has 2 aliphatic heterocycles. The van der Waals surface area contributed by atoms with Gasteiger partial charge in [-0.15, -0.1) is 0 Å². The first-order valence-corrected chi connectivity index (χ1v) is 11.6. The Morgan fingerprint density at radius 2 is 1.77 bits per heavy atom. The molecule has 0 spiro atoms. The summed E-state index contributed by atoms with van der Waals surface area (Å²) in [7, 11) is 4.04. The largest absolute Gasteiger partial charge is 0.366 e. The van der Waals surface area contributed by atoms with E-state index in [1.807, 2.05) is 11.9 Å². The number of rotatable bonds is 8. The summed E-state index contributed by atoms with van der Waals surface area (Å²) in [6, 6.07) is 5.30. The van der Waals surface area contributed by atoms with E-state index in [4.69, 9.17) is 23.2 Å². The van der Waals surface area contributed by atoms with Crippen LogP contribution < -0.4 is 0 Å². The van der Waals surface area contributed by atoms with Gasteiger partial charge < -0.3 is 9.80 Å². The summed E-state index contributed by atoms with van der Waals surface area (Å²) in [6.45, 7) is 4.53. The van der Waals surface area contributed by atoms with Crippen molar-refractivity contribution in [1.29, 1.82) is 0 Å². The molecular weight excluding hydrogens is 421 g/mol. The van der Waals surface area contributed by atoms with E-state index in [0.29, 0.717) is 33.4 Å². The number of hydrogen-bond acceptors (Lipinski definition) is 4. The van der Waals surface area contributed by atoms with Crippen LogP contribution in [0.15, 0.2) is 23.9 Å². The molecule has 0 saturated carbocycles. The molecule has 3 rings (SSSR count). The molecule has 0 N–H and O–H groups in total. The van der Waals surface area contributed by atoms with Gasteiger partial charge in [0.25, 0.3) is 11.8 Å². The van der Waals surface area contributed by atoms with Crippen LogP contribution in [0.25, 0.3) is 5.57 Å². The Morgan fingerprint density at radius 1 is 1.07 bits per heavy atom. The lowest BCUT2D eigenvalue weighted by molar-refractivity contribution is -0.137. The van der Waals surface area contributed by atoms with Gasteiger partial charge >= 0.3 is 0 Å². The SMILES string of the molecule is CCCCCCN1C(=O)C(c2ccc(Cl)cc2Cl)=C(N(C)C2CCN(C)CC2)C1=O. The maximum absolute atomic E-state index is 13.4. The van der Waals surface area contributed by atoms with Crippen LogP contribution in [0, 0.1) is 0 Å². The summed E-state index contributed by atoms with van der Waals surface area (Å²) < 4.78 is 0. The summed E-state index contributed by atoms with van der Waals surface area (Å²) in [4.78, 5) is 32.5. The molecule has 0 unspecified atom stereocenters. The van der Waals surface area contributed by atoms with Crippen molar-refractivity contribution in [3.8, 4) is 0 Å². The van der Waals surface area contributed by atoms with E-state index in [1.165, 1.54) is 4.90 Å². The summed E-state index contributed by atoms with van der Waals surface area (Å²) in [5.41, 5.74) is 1.44. The first-order chi connectivity index (χ1) is 14.3. The van der Waals surface area contributed by atoms with Gasteiger partial charge in [0.05, 0.1) is 10.6 Å². The van der Waals surface area contributed by atoms with Crippen molar-refractivity contribution in [2.75, 3.05) is 33.7 Å². The van der Waals surface area contributed by atoms with Crippen LogP contribution in [0.5, 0.6) is 0 Å². The minimum absolute atomic E-state index is 0.209. The van der Waals surface area contributed by atoms with Gasteiger partial charge in [-0.2, -0.15) is 0 Å². The number of carbonyl (C=O) groups excluding carboxylic acids is 2. The number of hydrogen-bond donors (Lipinski definition) is 0. The quantitative estimate of drug-likeness (QED) is 0.425. The molecule has 0 radical (unpaired) electrons. The standard InChI is InChI=1S/C23H31Cl2N3O2/c1-4-5-6-7-12-28-22(29)20(18-9-8-16(24)15-19(18)25)21(23(28)30)27(3)17-10-13-26(2)14-11-17/h8-9,15,17H,4-7,10-14H2,1-3H3. The Morgan fingerprint density at radius 3 is 2.40 bits per heavy atom. The molecule has 0 atom stereocenters. The highest BCUT2D eigenvalue weighted by Crippen LogP contribution is 2.37. The Hall–Kier alpha value is -1.56. The zero-order valence-electron chi connectivity index (χ0n) is 18.1. The molecule has 2 heterocycles. The first kappa shape index (κ1) is 23.1. The molecule has 30 heavy (non-hydrogen) atoms. The maximum atomic E-state index is 13.4. The molecule has 0 aliphatic carbocycles. The molecule has 1 fully saturated rings. The average molecular weight is 452 g/mol. The Kier molecular flexibility index (Phi) is 7.83. The second-order valence-electron chi connectivity index (χ2n) is 8.32. The average Bonchev–Trinajstić information content (AvgIpc) is 2.95. The lowest BCUT2D eigenvalue weighted by Gasteiger charge is -2.36. The van der Waals surface area contributed by atoms with Crippen molar-refractivity contribution >= 4 is 40.6 Å². The van der Waals surface area contributed by atoms with Crippen LogP contribution in [-0.2, 0) is 9.59 Å². The van der Waals surface area contributed by atoms with Gasteiger partial charge in [0.15, 0.2) is 0 Å². The second-order valence-corrected chi connectivity index (χ2v) is 9.16. The maximum Gasteiger partial charge on any atom is 0.277 e. The molecule has 164 valence electrons. The fourth-order valence-corrected chi connectivity index (χ4v) is 4.79. The van der Waals surface area contributed by atoms with Crippen molar-refractivity contribution in [3.05, 3.63) is 39.5 Å². The van der Waals surface area contributed by atoms with Crippen molar-refractivity contribution < 1.29 is 9.59 Å². The molecule has 2 aliphatic rings. The number of benzene rings is 1. The van der Waals surface area contributed by atoms with E-state index >= 15 is 0 Å². The van der Waals surface area contributed by atoms with Gasteiger partial charge in [0.2, 0.25) is 0 Å². The van der Waals surface area contributed by atoms with Crippen molar-refractivity contribution in [1.82, 2.24) is 14.7 Å². The third-order valence-corrected chi connectivity index (χ3v) is 6.72. The smallest absolute Gasteiger partial charge is 0.277 e. The number of likely N-dealkylation sites (tertiary alicyclic amines) is 1. The van der Waals surface area contributed by atoms with Gasteiger partial charge in [-0.1, -0.05) is 55.5 Å². The van der Waals surface area contributed by atoms with Crippen LogP contribution in [0.3, 0.4) is 0 Å². The number of unbranched alkanes of at least 4 members (excludes halogenated alkanes) is 3. The van der Waals surface area contributed by atoms with Gasteiger partial charge in [-0.05, 0) is 51.5 Å². The highest BCUT2D eigenvalue weighted by Gasteiger charge is 2.42. The monoisotopic (exact) mass is 451 g/mol. The zero-order valence-corrected chi connectivity index (χ0v) is 19.6. The molecule has 1 saturated heterocycles. The number of carbonyl (C=O) groups is 2. The van der Waals surface area contributed by atoms with Crippen LogP contribution >= 0.6 is 23.2 Å². The Labute approximate surface area is 189 Å². The van der Waals surface area contributed by atoms with Crippen molar-refractivity contribution in [2.24, 2.45) is 0 Å². The molecular formula is C23H31Cl2N3O2. The minimum atomic E-state index is -0.254. The molecule has 7 heteroatoms. The predicted octanol–water partition coefficient (Wildman–Crippen LogP) is 4.68. The highest BCUT2D eigenvalue weighted by molar-refractivity contribution is 6.41. The zero-order chi connectivity index (χ0) is 21.8. The summed E-state index contributed by atoms with van der Waals surface area (Å²) in [6.07, 6.45) is 5.94. The number of imide groups is 1. The minimum Gasteiger partial charge on any atom is -0.366 e. The van der Waals surface area contributed by atoms with Gasteiger partial charge in [0.1, 0.15) is 5.70 Å². The fraction of sp³-hybridized carbons (Fsp3) is 0.565. The summed E-state index contributed by atoms with van der Waals surface area (Å²) >= 11 is 12.5. The lowest BCUT2D eigenvalue weighted by Crippen LogP contribution is -2.43. The fourth-order valence-electron chi connectivity index (χ4n) is 4.29. The number of amides is 2. The molecule has 1 aromatic rings. The van der Waals surface area contributed by atoms with Crippen molar-refractivity contribution in [3.63, 3.8) is 0 Å². The summed E-state index contributed by atoms with van der Waals surface area (Å²) in [5.74, 6) is -0.463. The first-order valence-electron chi connectivity index (χ1n) is 10.8. The van der Waals surface area contributed by atoms with Crippen LogP contribution in [0.1, 0.15) is 51.0 Å². The molecule has 2 amide bonds. The Bertz CT molecular complexity index is 832. The van der Waals surface area contributed by atoms with Crippen molar-refractivity contribution in [2.45, 2.75) is 51.5 Å². The van der Waals surface area contributed by atoms with E-state index < -0.39 is 0 Å². The third-order valence-electron chi connectivity index (χ3n) is 6.17. The number of nitrogens with zero attached hydrogens (tertiary/aromatic N) is 3. The molecule has 0 bridgehead atoms. The van der Waals surface area contributed by atoms with Gasteiger partial charge in [-0.3, -0.25) is 14.5 Å². The Balaban J connectivity index is 1.95.